The molecule has 1 aliphatic carbocycles. The van der Waals surface area contributed by atoms with E-state index >= 15 is 0 Å². The number of carboxylic acid groups (broad SMARTS) is 1. The minimum absolute atomic E-state index is 0.327. The van der Waals surface area contributed by atoms with E-state index in [9.17, 15) is 19.5 Å². The number of nitrogens with one attached hydrogen (secondary N) is 1. The van der Waals surface area contributed by atoms with E-state index in [0.717, 1.165) is 12.8 Å². The Morgan fingerprint density at radius 1 is 1.05 bits per heavy atom. The summed E-state index contributed by atoms with van der Waals surface area (Å²) in [6.07, 6.45) is 3.04. The maximum atomic E-state index is 12.1. The molecule has 0 bridgehead atoms. The molecule has 1 saturated carbocycles. The predicted molar refractivity (Wildman–Crippen MR) is 75.8 cm³/mol. The van der Waals surface area contributed by atoms with Crippen molar-refractivity contribution < 1.29 is 19.5 Å². The number of aliphatic carboxylic acids is 1. The third kappa shape index (κ3) is 3.59. The Labute approximate surface area is 122 Å². The van der Waals surface area contributed by atoms with Crippen molar-refractivity contribution in [1.82, 2.24) is 5.32 Å². The summed E-state index contributed by atoms with van der Waals surface area (Å²) < 4.78 is 0. The molecule has 1 fully saturated rings. The van der Waals surface area contributed by atoms with Crippen molar-refractivity contribution in [2.45, 2.75) is 31.7 Å². The molecule has 0 radical (unpaired) electrons. The van der Waals surface area contributed by atoms with Gasteiger partial charge in [-0.25, -0.2) is 0 Å². The summed E-state index contributed by atoms with van der Waals surface area (Å²) >= 11 is 0. The number of nitrogens with two attached hydrogens (primary N) is 1. The van der Waals surface area contributed by atoms with Crippen LogP contribution in [-0.4, -0.2) is 28.9 Å². The molecule has 2 unspecified atom stereocenters. The normalized spacial score (nSPS) is 21.5. The van der Waals surface area contributed by atoms with E-state index in [1.54, 1.807) is 0 Å². The Bertz CT molecular complexity index is 553. The molecule has 1 aliphatic rings. The first kappa shape index (κ1) is 15.0. The summed E-state index contributed by atoms with van der Waals surface area (Å²) in [4.78, 5) is 34.3. The second-order valence-corrected chi connectivity index (χ2v) is 5.25. The number of carbonyl (C=O) groups is 3. The van der Waals surface area contributed by atoms with Gasteiger partial charge in [-0.3, -0.25) is 14.4 Å². The first-order valence-electron chi connectivity index (χ1n) is 6.92. The summed E-state index contributed by atoms with van der Waals surface area (Å²) in [7, 11) is 0. The van der Waals surface area contributed by atoms with Crippen molar-refractivity contribution in [2.24, 2.45) is 11.7 Å². The summed E-state index contributed by atoms with van der Waals surface area (Å²) in [5.74, 6) is -2.29. The number of hydrogen-bond acceptors (Lipinski definition) is 3. The fraction of sp³-hybridized carbons (Fsp3) is 0.400. The van der Waals surface area contributed by atoms with Gasteiger partial charge in [-0.05, 0) is 37.1 Å². The molecule has 1 aromatic rings. The van der Waals surface area contributed by atoms with E-state index in [0.29, 0.717) is 24.0 Å². The van der Waals surface area contributed by atoms with Crippen LogP contribution in [0.2, 0.25) is 0 Å². The Kier molecular flexibility index (Phi) is 4.57. The van der Waals surface area contributed by atoms with Crippen LogP contribution in [0.1, 0.15) is 46.4 Å². The molecule has 0 aromatic heterocycles. The number of primary amides is 1. The van der Waals surface area contributed by atoms with E-state index in [1.807, 2.05) is 0 Å². The molecule has 4 N–H and O–H groups in total. The van der Waals surface area contributed by atoms with Crippen molar-refractivity contribution in [2.75, 3.05) is 0 Å². The summed E-state index contributed by atoms with van der Waals surface area (Å²) in [6, 6.07) is 5.63. The lowest BCUT2D eigenvalue weighted by atomic mass is 9.84. The Morgan fingerprint density at radius 3 is 2.19 bits per heavy atom. The topological polar surface area (TPSA) is 109 Å². The van der Waals surface area contributed by atoms with Gasteiger partial charge in [0.05, 0.1) is 5.92 Å². The van der Waals surface area contributed by atoms with Gasteiger partial charge in [-0.1, -0.05) is 12.8 Å². The van der Waals surface area contributed by atoms with Gasteiger partial charge in [0.1, 0.15) is 0 Å². The van der Waals surface area contributed by atoms with Crippen molar-refractivity contribution in [3.63, 3.8) is 0 Å². The maximum absolute atomic E-state index is 12.1. The van der Waals surface area contributed by atoms with Crippen molar-refractivity contribution in [3.05, 3.63) is 35.4 Å². The second kappa shape index (κ2) is 6.39. The van der Waals surface area contributed by atoms with E-state index < -0.39 is 17.8 Å². The molecule has 2 rings (SSSR count). The fourth-order valence-corrected chi connectivity index (χ4v) is 2.64. The van der Waals surface area contributed by atoms with Crippen LogP contribution >= 0.6 is 0 Å². The maximum Gasteiger partial charge on any atom is 0.308 e. The number of carboxylic acids is 1. The van der Waals surface area contributed by atoms with E-state index in [-0.39, 0.29) is 11.9 Å². The van der Waals surface area contributed by atoms with Gasteiger partial charge in [0.25, 0.3) is 5.91 Å². The summed E-state index contributed by atoms with van der Waals surface area (Å²) in [5.41, 5.74) is 5.85. The Balaban J connectivity index is 2.06. The number of rotatable bonds is 4. The monoisotopic (exact) mass is 290 g/mol. The second-order valence-electron chi connectivity index (χ2n) is 5.25. The zero-order valence-corrected chi connectivity index (χ0v) is 11.5. The van der Waals surface area contributed by atoms with Crippen molar-refractivity contribution in [1.29, 1.82) is 0 Å². The summed E-state index contributed by atoms with van der Waals surface area (Å²) in [6.45, 7) is 0. The molecule has 0 heterocycles. The summed E-state index contributed by atoms with van der Waals surface area (Å²) in [5, 5.41) is 12.0. The first-order valence-corrected chi connectivity index (χ1v) is 6.92. The number of amides is 2. The molecule has 6 heteroatoms. The minimum Gasteiger partial charge on any atom is -0.481 e. The van der Waals surface area contributed by atoms with Gasteiger partial charge in [0, 0.05) is 17.2 Å². The smallest absolute Gasteiger partial charge is 0.308 e. The van der Waals surface area contributed by atoms with Crippen LogP contribution in [0.5, 0.6) is 0 Å². The fourth-order valence-electron chi connectivity index (χ4n) is 2.64. The molecule has 2 atom stereocenters. The third-order valence-corrected chi connectivity index (χ3v) is 3.83. The zero-order valence-electron chi connectivity index (χ0n) is 11.5. The van der Waals surface area contributed by atoms with Gasteiger partial charge in [-0.15, -0.1) is 0 Å². The predicted octanol–water partition coefficient (Wildman–Crippen LogP) is 1.16. The minimum atomic E-state index is -0.871. The standard InChI is InChI=1S/C15H18N2O4/c16-13(18)9-5-7-10(8-6-9)14(19)17-12-4-2-1-3-11(12)15(20)21/h5-8,11-12H,1-4H2,(H2,16,18)(H,17,19)(H,20,21). The van der Waals surface area contributed by atoms with Crippen LogP contribution in [0.4, 0.5) is 0 Å². The van der Waals surface area contributed by atoms with Crippen molar-refractivity contribution >= 4 is 17.8 Å². The molecule has 2 amide bonds. The Hall–Kier alpha value is -2.37. The molecule has 0 spiro atoms. The highest BCUT2D eigenvalue weighted by Crippen LogP contribution is 2.25. The van der Waals surface area contributed by atoms with Crippen LogP contribution in [0.3, 0.4) is 0 Å². The largest absolute Gasteiger partial charge is 0.481 e. The van der Waals surface area contributed by atoms with Gasteiger partial charge in [0.15, 0.2) is 0 Å². The number of hydrogen-bond donors (Lipinski definition) is 3. The van der Waals surface area contributed by atoms with Gasteiger partial charge >= 0.3 is 5.97 Å². The molecule has 6 nitrogen and oxygen atoms in total. The van der Waals surface area contributed by atoms with E-state index in [1.165, 1.54) is 24.3 Å². The molecule has 1 aromatic carbocycles. The molecule has 0 aliphatic heterocycles. The first-order chi connectivity index (χ1) is 9.99. The van der Waals surface area contributed by atoms with Crippen molar-refractivity contribution in [3.8, 4) is 0 Å². The lowest BCUT2D eigenvalue weighted by Gasteiger charge is -2.29. The highest BCUT2D eigenvalue weighted by Gasteiger charge is 2.31. The van der Waals surface area contributed by atoms with Gasteiger partial charge < -0.3 is 16.2 Å². The molecule has 0 saturated heterocycles. The average molecular weight is 290 g/mol. The average Bonchev–Trinajstić information content (AvgIpc) is 2.47. The van der Waals surface area contributed by atoms with Crippen LogP contribution in [-0.2, 0) is 4.79 Å². The molecular weight excluding hydrogens is 272 g/mol. The molecule has 112 valence electrons. The lowest BCUT2D eigenvalue weighted by molar-refractivity contribution is -0.143. The van der Waals surface area contributed by atoms with E-state index in [4.69, 9.17) is 5.73 Å². The zero-order chi connectivity index (χ0) is 15.4. The SMILES string of the molecule is NC(=O)c1ccc(C(=O)NC2CCCCC2C(=O)O)cc1. The highest BCUT2D eigenvalue weighted by atomic mass is 16.4. The number of benzene rings is 1. The quantitative estimate of drug-likeness (QED) is 0.772. The lowest BCUT2D eigenvalue weighted by Crippen LogP contribution is -2.45. The Morgan fingerprint density at radius 2 is 1.62 bits per heavy atom. The number of carbonyl (C=O) groups excluding carboxylic acids is 2. The molecule has 21 heavy (non-hydrogen) atoms. The highest BCUT2D eigenvalue weighted by molar-refractivity contribution is 5.97. The van der Waals surface area contributed by atoms with Gasteiger partial charge in [-0.2, -0.15) is 0 Å². The van der Waals surface area contributed by atoms with Crippen LogP contribution in [0.25, 0.3) is 0 Å². The van der Waals surface area contributed by atoms with Gasteiger partial charge in [0.2, 0.25) is 5.91 Å². The van der Waals surface area contributed by atoms with Crippen LogP contribution in [0.15, 0.2) is 24.3 Å². The molecular formula is C15H18N2O4. The third-order valence-electron chi connectivity index (χ3n) is 3.83. The van der Waals surface area contributed by atoms with Crippen LogP contribution in [0, 0.1) is 5.92 Å². The van der Waals surface area contributed by atoms with Crippen LogP contribution < -0.4 is 11.1 Å². The van der Waals surface area contributed by atoms with E-state index in [2.05, 4.69) is 5.32 Å².